The van der Waals surface area contributed by atoms with Crippen molar-refractivity contribution in [2.45, 2.75) is 39.5 Å². The molecular weight excluding hydrogens is 152 g/mol. The number of allylic oxidation sites excluding steroid dienone is 1. The lowest BCUT2D eigenvalue weighted by atomic mass is 10.3. The van der Waals surface area contributed by atoms with Crippen LogP contribution < -0.4 is 0 Å². The third-order valence-electron chi connectivity index (χ3n) is 1.45. The van der Waals surface area contributed by atoms with Crippen molar-refractivity contribution in [3.8, 4) is 0 Å². The molecule has 2 nitrogen and oxygen atoms in total. The number of rotatable bonds is 6. The Morgan fingerprint density at radius 3 is 2.67 bits per heavy atom. The largest absolute Gasteiger partial charge is 0.463 e. The summed E-state index contributed by atoms with van der Waals surface area (Å²) >= 11 is 0. The monoisotopic (exact) mass is 170 g/mol. The fourth-order valence-electron chi connectivity index (χ4n) is 0.711. The summed E-state index contributed by atoms with van der Waals surface area (Å²) in [6.45, 7) is 4.69. The smallest absolute Gasteiger partial charge is 0.330 e. The second-order valence-corrected chi connectivity index (χ2v) is 2.71. The highest BCUT2D eigenvalue weighted by Crippen LogP contribution is 1.92. The molecule has 0 heterocycles. The number of ether oxygens (including phenoxy) is 1. The standard InChI is InChI=1S/C10H18O2/c1-3-5-7-8-10(11)12-9-6-4-2/h7-8H,3-6,9H2,1-2H3/b8-7-. The molecule has 0 unspecified atom stereocenters. The first-order valence-electron chi connectivity index (χ1n) is 4.64. The summed E-state index contributed by atoms with van der Waals surface area (Å²) in [5.41, 5.74) is 0. The Labute approximate surface area is 74.6 Å². The van der Waals surface area contributed by atoms with Gasteiger partial charge >= 0.3 is 5.97 Å². The minimum Gasteiger partial charge on any atom is -0.463 e. The van der Waals surface area contributed by atoms with Crippen LogP contribution in [0, 0.1) is 0 Å². The molecule has 0 aromatic carbocycles. The third kappa shape index (κ3) is 7.32. The average molecular weight is 170 g/mol. The molecule has 0 saturated carbocycles. The van der Waals surface area contributed by atoms with Crippen LogP contribution >= 0.6 is 0 Å². The zero-order valence-electron chi connectivity index (χ0n) is 8.01. The Kier molecular flexibility index (Phi) is 7.76. The molecule has 0 N–H and O–H groups in total. The molecule has 0 spiro atoms. The first-order valence-corrected chi connectivity index (χ1v) is 4.64. The van der Waals surface area contributed by atoms with Gasteiger partial charge in [0.05, 0.1) is 6.61 Å². The minimum absolute atomic E-state index is 0.211. The van der Waals surface area contributed by atoms with Gasteiger partial charge in [-0.25, -0.2) is 4.79 Å². The lowest BCUT2D eigenvalue weighted by molar-refractivity contribution is -0.137. The molecule has 2 heteroatoms. The molecule has 0 amide bonds. The molecule has 0 aliphatic carbocycles. The molecule has 70 valence electrons. The highest BCUT2D eigenvalue weighted by Gasteiger charge is 1.93. The van der Waals surface area contributed by atoms with E-state index >= 15 is 0 Å². The Morgan fingerprint density at radius 2 is 2.08 bits per heavy atom. The molecule has 0 bridgehead atoms. The molecule has 0 aliphatic heterocycles. The van der Waals surface area contributed by atoms with Gasteiger partial charge in [-0.3, -0.25) is 0 Å². The van der Waals surface area contributed by atoms with E-state index < -0.39 is 0 Å². The number of esters is 1. The van der Waals surface area contributed by atoms with Gasteiger partial charge in [0, 0.05) is 6.08 Å². The maximum atomic E-state index is 10.9. The highest BCUT2D eigenvalue weighted by molar-refractivity contribution is 5.81. The summed E-state index contributed by atoms with van der Waals surface area (Å²) in [7, 11) is 0. The highest BCUT2D eigenvalue weighted by atomic mass is 16.5. The Balaban J connectivity index is 3.33. The SMILES string of the molecule is CCC/C=C\C(=O)OCCCC. The minimum atomic E-state index is -0.211. The van der Waals surface area contributed by atoms with Gasteiger partial charge in [0.2, 0.25) is 0 Å². The number of carbonyl (C=O) groups excluding carboxylic acids is 1. The van der Waals surface area contributed by atoms with Gasteiger partial charge in [-0.15, -0.1) is 0 Å². The lowest BCUT2D eigenvalue weighted by Crippen LogP contribution is -2.01. The van der Waals surface area contributed by atoms with Crippen molar-refractivity contribution in [2.75, 3.05) is 6.61 Å². The average Bonchev–Trinajstić information content (AvgIpc) is 2.06. The maximum absolute atomic E-state index is 10.9. The van der Waals surface area contributed by atoms with Crippen LogP contribution in [-0.4, -0.2) is 12.6 Å². The first-order chi connectivity index (χ1) is 5.81. The van der Waals surface area contributed by atoms with E-state index in [1.54, 1.807) is 0 Å². The predicted octanol–water partition coefficient (Wildman–Crippen LogP) is 2.69. The van der Waals surface area contributed by atoms with Crippen molar-refractivity contribution in [1.29, 1.82) is 0 Å². The molecule has 0 aromatic rings. The van der Waals surface area contributed by atoms with Crippen LogP contribution in [0.1, 0.15) is 39.5 Å². The normalized spacial score (nSPS) is 10.5. The van der Waals surface area contributed by atoms with Crippen molar-refractivity contribution >= 4 is 5.97 Å². The van der Waals surface area contributed by atoms with E-state index in [4.69, 9.17) is 4.74 Å². The third-order valence-corrected chi connectivity index (χ3v) is 1.45. The quantitative estimate of drug-likeness (QED) is 0.348. The molecular formula is C10H18O2. The molecule has 0 atom stereocenters. The molecule has 0 aromatic heterocycles. The summed E-state index contributed by atoms with van der Waals surface area (Å²) in [6, 6.07) is 0. The molecule has 0 aliphatic rings. The topological polar surface area (TPSA) is 26.3 Å². The Morgan fingerprint density at radius 1 is 1.33 bits per heavy atom. The van der Waals surface area contributed by atoms with E-state index in [0.29, 0.717) is 6.61 Å². The molecule has 0 fully saturated rings. The molecule has 0 rings (SSSR count). The van der Waals surface area contributed by atoms with Crippen molar-refractivity contribution in [2.24, 2.45) is 0 Å². The van der Waals surface area contributed by atoms with E-state index in [2.05, 4.69) is 13.8 Å². The van der Waals surface area contributed by atoms with Crippen molar-refractivity contribution < 1.29 is 9.53 Å². The van der Waals surface area contributed by atoms with Gasteiger partial charge in [-0.05, 0) is 12.8 Å². The van der Waals surface area contributed by atoms with Crippen LogP contribution in [0.4, 0.5) is 0 Å². The van der Waals surface area contributed by atoms with Crippen LogP contribution in [0.3, 0.4) is 0 Å². The van der Waals surface area contributed by atoms with E-state index in [9.17, 15) is 4.79 Å². The van der Waals surface area contributed by atoms with Crippen LogP contribution in [0.2, 0.25) is 0 Å². The van der Waals surface area contributed by atoms with Crippen LogP contribution in [0.25, 0.3) is 0 Å². The second-order valence-electron chi connectivity index (χ2n) is 2.71. The molecule has 0 saturated heterocycles. The van der Waals surface area contributed by atoms with E-state index in [1.165, 1.54) is 6.08 Å². The Bertz CT molecular complexity index is 139. The lowest BCUT2D eigenvalue weighted by Gasteiger charge is -1.98. The van der Waals surface area contributed by atoms with Gasteiger partial charge in [-0.2, -0.15) is 0 Å². The van der Waals surface area contributed by atoms with E-state index in [1.807, 2.05) is 6.08 Å². The maximum Gasteiger partial charge on any atom is 0.330 e. The summed E-state index contributed by atoms with van der Waals surface area (Å²) in [5, 5.41) is 0. The fourth-order valence-corrected chi connectivity index (χ4v) is 0.711. The first kappa shape index (κ1) is 11.2. The zero-order chi connectivity index (χ0) is 9.23. The molecule has 0 radical (unpaired) electrons. The number of hydrogen-bond acceptors (Lipinski definition) is 2. The summed E-state index contributed by atoms with van der Waals surface area (Å²) < 4.78 is 4.90. The summed E-state index contributed by atoms with van der Waals surface area (Å²) in [4.78, 5) is 10.9. The van der Waals surface area contributed by atoms with Gasteiger partial charge in [0.25, 0.3) is 0 Å². The Hall–Kier alpha value is -0.790. The van der Waals surface area contributed by atoms with Crippen LogP contribution in [0.15, 0.2) is 12.2 Å². The van der Waals surface area contributed by atoms with E-state index in [0.717, 1.165) is 25.7 Å². The predicted molar refractivity (Wildman–Crippen MR) is 49.9 cm³/mol. The molecule has 12 heavy (non-hydrogen) atoms. The fraction of sp³-hybridized carbons (Fsp3) is 0.700. The van der Waals surface area contributed by atoms with Crippen LogP contribution in [-0.2, 0) is 9.53 Å². The van der Waals surface area contributed by atoms with Crippen molar-refractivity contribution in [1.82, 2.24) is 0 Å². The summed E-state index contributed by atoms with van der Waals surface area (Å²) in [5.74, 6) is -0.211. The van der Waals surface area contributed by atoms with Crippen molar-refractivity contribution in [3.05, 3.63) is 12.2 Å². The summed E-state index contributed by atoms with van der Waals surface area (Å²) in [6.07, 6.45) is 7.40. The van der Waals surface area contributed by atoms with Gasteiger partial charge in [0.15, 0.2) is 0 Å². The van der Waals surface area contributed by atoms with Gasteiger partial charge < -0.3 is 4.74 Å². The number of carbonyl (C=O) groups is 1. The van der Waals surface area contributed by atoms with Crippen LogP contribution in [0.5, 0.6) is 0 Å². The number of hydrogen-bond donors (Lipinski definition) is 0. The van der Waals surface area contributed by atoms with Crippen molar-refractivity contribution in [3.63, 3.8) is 0 Å². The second kappa shape index (κ2) is 8.31. The van der Waals surface area contributed by atoms with Gasteiger partial charge in [-0.1, -0.05) is 32.8 Å². The zero-order valence-corrected chi connectivity index (χ0v) is 8.01. The van der Waals surface area contributed by atoms with Gasteiger partial charge in [0.1, 0.15) is 0 Å². The number of unbranched alkanes of at least 4 members (excludes halogenated alkanes) is 2. The van der Waals surface area contributed by atoms with E-state index in [-0.39, 0.29) is 5.97 Å².